The Morgan fingerprint density at radius 3 is 0.688 bits per heavy atom. The lowest BCUT2D eigenvalue weighted by Crippen LogP contribution is -2.11. The van der Waals surface area contributed by atoms with Crippen molar-refractivity contribution in [1.82, 2.24) is 0 Å². The summed E-state index contributed by atoms with van der Waals surface area (Å²) in [6, 6.07) is 0. The van der Waals surface area contributed by atoms with Crippen LogP contribution in [0.1, 0.15) is 0 Å². The Morgan fingerprint density at radius 2 is 0.688 bits per heavy atom. The molecule has 0 saturated carbocycles. The number of amides is 4. The van der Waals surface area contributed by atoms with E-state index in [4.69, 9.17) is 0 Å². The number of carbonyl (C=O) groups excluding carboxylic acids is 4. The molecule has 12 N–H and O–H groups in total. The summed E-state index contributed by atoms with van der Waals surface area (Å²) in [5.74, 6) is 8.00. The number of thioether (sulfide) groups is 2. The molecule has 16 heavy (non-hydrogen) atoms. The SMILES string of the molecule is NC(=O)SC(N)=O.NC(=O)SC(N)=O.NN. The summed E-state index contributed by atoms with van der Waals surface area (Å²) >= 11 is 0.574. The van der Waals surface area contributed by atoms with Crippen LogP contribution < -0.4 is 34.6 Å². The van der Waals surface area contributed by atoms with Gasteiger partial charge in [-0.2, -0.15) is 0 Å². The third-order valence-corrected chi connectivity index (χ3v) is 1.21. The molecule has 0 aliphatic rings. The average molecular weight is 272 g/mol. The highest BCUT2D eigenvalue weighted by Crippen LogP contribution is 1.95. The van der Waals surface area contributed by atoms with Gasteiger partial charge >= 0.3 is 0 Å². The first-order valence-corrected chi connectivity index (χ1v) is 4.75. The van der Waals surface area contributed by atoms with Crippen molar-refractivity contribution in [2.75, 3.05) is 0 Å². The van der Waals surface area contributed by atoms with Gasteiger partial charge < -0.3 is 22.9 Å². The first-order chi connectivity index (χ1) is 7.25. The van der Waals surface area contributed by atoms with E-state index in [1.807, 2.05) is 0 Å². The molecule has 0 aliphatic heterocycles. The second kappa shape index (κ2) is 13.5. The molecule has 12 heteroatoms. The lowest BCUT2D eigenvalue weighted by atomic mass is 11.4. The zero-order valence-electron chi connectivity index (χ0n) is 7.91. The minimum Gasteiger partial charge on any atom is -0.360 e. The highest BCUT2D eigenvalue weighted by molar-refractivity contribution is 8.26. The van der Waals surface area contributed by atoms with Gasteiger partial charge in [-0.25, -0.2) is 0 Å². The quantitative estimate of drug-likeness (QED) is 0.226. The number of primary amides is 4. The molecule has 0 aromatic heterocycles. The second-order valence-electron chi connectivity index (χ2n) is 1.48. The van der Waals surface area contributed by atoms with Crippen molar-refractivity contribution in [3.63, 3.8) is 0 Å². The summed E-state index contributed by atoms with van der Waals surface area (Å²) in [4.78, 5) is 38.8. The van der Waals surface area contributed by atoms with Gasteiger partial charge in [0.15, 0.2) is 0 Å². The van der Waals surface area contributed by atoms with Crippen LogP contribution in [0, 0.1) is 0 Å². The number of nitrogens with two attached hydrogens (primary N) is 6. The zero-order chi connectivity index (χ0) is 13.7. The predicted molar refractivity (Wildman–Crippen MR) is 61.9 cm³/mol. The van der Waals surface area contributed by atoms with Gasteiger partial charge in [0, 0.05) is 23.5 Å². The average Bonchev–Trinajstić information content (AvgIpc) is 2.03. The predicted octanol–water partition coefficient (Wildman–Crippen LogP) is -1.43. The van der Waals surface area contributed by atoms with Crippen LogP contribution in [0.3, 0.4) is 0 Å². The van der Waals surface area contributed by atoms with E-state index in [1.165, 1.54) is 0 Å². The van der Waals surface area contributed by atoms with Gasteiger partial charge in [0.1, 0.15) is 0 Å². The largest absolute Gasteiger partial charge is 0.360 e. The summed E-state index contributed by atoms with van der Waals surface area (Å²) in [6.45, 7) is 0. The minimum atomic E-state index is -0.771. The second-order valence-corrected chi connectivity index (χ2v) is 3.50. The maximum absolute atomic E-state index is 9.69. The lowest BCUT2D eigenvalue weighted by molar-refractivity contribution is 0.262. The molecule has 0 rings (SSSR count). The first kappa shape index (κ1) is 20.0. The topological polar surface area (TPSA) is 224 Å². The maximum Gasteiger partial charge on any atom is 0.285 e. The molecular weight excluding hydrogens is 260 g/mol. The molecule has 0 unspecified atom stereocenters. The van der Waals surface area contributed by atoms with Crippen LogP contribution in [0.4, 0.5) is 19.2 Å². The number of rotatable bonds is 0. The number of hydrogen-bond donors (Lipinski definition) is 6. The van der Waals surface area contributed by atoms with E-state index >= 15 is 0 Å². The van der Waals surface area contributed by atoms with E-state index in [1.54, 1.807) is 0 Å². The molecule has 0 atom stereocenters. The molecule has 0 aliphatic carbocycles. The Balaban J connectivity index is -0.000000183. The highest BCUT2D eigenvalue weighted by Gasteiger charge is 1.98. The van der Waals surface area contributed by atoms with Gasteiger partial charge in [-0.05, 0) is 0 Å². The summed E-state index contributed by atoms with van der Waals surface area (Å²) < 4.78 is 0. The van der Waals surface area contributed by atoms with Crippen LogP contribution in [0.15, 0.2) is 0 Å². The first-order valence-electron chi connectivity index (χ1n) is 3.12. The molecule has 0 aromatic carbocycles. The fourth-order valence-electron chi connectivity index (χ4n) is 0.198. The minimum absolute atomic E-state index is 0.287. The van der Waals surface area contributed by atoms with E-state index in [-0.39, 0.29) is 23.5 Å². The third-order valence-electron chi connectivity index (χ3n) is 0.402. The molecule has 10 nitrogen and oxygen atoms in total. The molecule has 0 radical (unpaired) electrons. The van der Waals surface area contributed by atoms with Gasteiger partial charge in [0.2, 0.25) is 0 Å². The van der Waals surface area contributed by atoms with Crippen LogP contribution in [0.25, 0.3) is 0 Å². The number of hydrogen-bond acceptors (Lipinski definition) is 8. The molecule has 94 valence electrons. The van der Waals surface area contributed by atoms with Gasteiger partial charge in [0.05, 0.1) is 0 Å². The highest BCUT2D eigenvalue weighted by atomic mass is 32.2. The van der Waals surface area contributed by atoms with E-state index in [0.717, 1.165) is 0 Å². The molecular formula is C4H12N6O4S2. The molecule has 0 bridgehead atoms. The fourth-order valence-corrected chi connectivity index (χ4v) is 0.595. The summed E-state index contributed by atoms with van der Waals surface area (Å²) in [5.41, 5.74) is 18.1. The van der Waals surface area contributed by atoms with Crippen LogP contribution in [-0.4, -0.2) is 21.0 Å². The van der Waals surface area contributed by atoms with E-state index in [9.17, 15) is 19.2 Å². The Bertz CT molecular complexity index is 209. The van der Waals surface area contributed by atoms with Gasteiger partial charge in [-0.3, -0.25) is 30.9 Å². The standard InChI is InChI=1S/2C2H4N2O2S.H4N2/c2*3-1(5)7-2(4)6;1-2/h2*(H2,3,5)(H2,4,6);1-2H2. The summed E-state index contributed by atoms with van der Waals surface area (Å²) in [7, 11) is 0. The summed E-state index contributed by atoms with van der Waals surface area (Å²) in [6.07, 6.45) is 0. The van der Waals surface area contributed by atoms with Crippen LogP contribution in [0.2, 0.25) is 0 Å². The van der Waals surface area contributed by atoms with Crippen molar-refractivity contribution in [3.05, 3.63) is 0 Å². The molecule has 0 fully saturated rings. The normalized spacial score (nSPS) is 7.38. The number of hydrazine groups is 1. The van der Waals surface area contributed by atoms with Crippen molar-refractivity contribution < 1.29 is 19.2 Å². The molecule has 0 heterocycles. The van der Waals surface area contributed by atoms with Crippen molar-refractivity contribution in [2.24, 2.45) is 34.6 Å². The molecule has 0 aromatic rings. The summed E-state index contributed by atoms with van der Waals surface area (Å²) in [5, 5.41) is -3.08. The Labute approximate surface area is 98.7 Å². The smallest absolute Gasteiger partial charge is 0.285 e. The lowest BCUT2D eigenvalue weighted by Gasteiger charge is -1.81. The Morgan fingerprint density at radius 1 is 0.562 bits per heavy atom. The van der Waals surface area contributed by atoms with Gasteiger partial charge in [-0.1, -0.05) is 0 Å². The van der Waals surface area contributed by atoms with Crippen LogP contribution in [0.5, 0.6) is 0 Å². The molecule has 0 saturated heterocycles. The van der Waals surface area contributed by atoms with Crippen LogP contribution >= 0.6 is 23.5 Å². The van der Waals surface area contributed by atoms with E-state index in [2.05, 4.69) is 34.6 Å². The third kappa shape index (κ3) is 39.1. The Hall–Kier alpha value is -1.50. The zero-order valence-corrected chi connectivity index (χ0v) is 9.55. The molecule has 4 amide bonds. The van der Waals surface area contributed by atoms with E-state index < -0.39 is 21.0 Å². The Kier molecular flexibility index (Phi) is 16.9. The monoisotopic (exact) mass is 272 g/mol. The van der Waals surface area contributed by atoms with Gasteiger partial charge in [0.25, 0.3) is 21.0 Å². The van der Waals surface area contributed by atoms with Crippen molar-refractivity contribution in [1.29, 1.82) is 0 Å². The van der Waals surface area contributed by atoms with Crippen molar-refractivity contribution >= 4 is 44.5 Å². The fraction of sp³-hybridized carbons (Fsp3) is 0. The molecule has 0 spiro atoms. The number of carbonyl (C=O) groups is 4. The van der Waals surface area contributed by atoms with Crippen LogP contribution in [-0.2, 0) is 0 Å². The van der Waals surface area contributed by atoms with Crippen molar-refractivity contribution in [2.45, 2.75) is 0 Å². The van der Waals surface area contributed by atoms with Crippen molar-refractivity contribution in [3.8, 4) is 0 Å². The van der Waals surface area contributed by atoms with E-state index in [0.29, 0.717) is 0 Å². The maximum atomic E-state index is 9.69. The van der Waals surface area contributed by atoms with Gasteiger partial charge in [-0.15, -0.1) is 0 Å².